The highest BCUT2D eigenvalue weighted by molar-refractivity contribution is 7.10. The van der Waals surface area contributed by atoms with Gasteiger partial charge in [0.25, 0.3) is 0 Å². The lowest BCUT2D eigenvalue weighted by Gasteiger charge is -2.32. The molecule has 0 radical (unpaired) electrons. The van der Waals surface area contributed by atoms with Crippen molar-refractivity contribution in [2.75, 3.05) is 6.54 Å². The van der Waals surface area contributed by atoms with Crippen LogP contribution in [-0.4, -0.2) is 11.5 Å². The van der Waals surface area contributed by atoms with E-state index in [1.165, 1.54) is 36.8 Å². The third kappa shape index (κ3) is 3.19. The fourth-order valence-electron chi connectivity index (χ4n) is 3.41. The van der Waals surface area contributed by atoms with Gasteiger partial charge in [-0.05, 0) is 67.3 Å². The van der Waals surface area contributed by atoms with E-state index in [0.29, 0.717) is 12.0 Å². The van der Waals surface area contributed by atoms with Gasteiger partial charge in [-0.3, -0.25) is 4.98 Å². The van der Waals surface area contributed by atoms with Crippen LogP contribution in [0.4, 0.5) is 0 Å². The number of pyridine rings is 1. The molecule has 2 unspecified atom stereocenters. The molecule has 0 amide bonds. The normalized spacial score (nSPS) is 19.2. The van der Waals surface area contributed by atoms with Crippen LogP contribution in [0, 0.1) is 6.92 Å². The van der Waals surface area contributed by atoms with Gasteiger partial charge in [0.05, 0.1) is 0 Å². The van der Waals surface area contributed by atoms with Gasteiger partial charge in [-0.2, -0.15) is 0 Å². The largest absolute Gasteiger partial charge is 0.309 e. The fourth-order valence-corrected chi connectivity index (χ4v) is 4.41. The molecule has 1 aliphatic carbocycles. The Morgan fingerprint density at radius 1 is 1.43 bits per heavy atom. The van der Waals surface area contributed by atoms with Crippen LogP contribution in [0.2, 0.25) is 0 Å². The molecule has 2 nitrogen and oxygen atoms in total. The molecule has 3 rings (SSSR count). The molecule has 1 aliphatic rings. The third-order valence-corrected chi connectivity index (χ3v) is 5.37. The monoisotopic (exact) mass is 300 g/mol. The van der Waals surface area contributed by atoms with Crippen molar-refractivity contribution in [3.8, 4) is 0 Å². The summed E-state index contributed by atoms with van der Waals surface area (Å²) in [6.07, 6.45) is 8.99. The lowest BCUT2D eigenvalue weighted by Crippen LogP contribution is -2.29. The number of aryl methyl sites for hydroxylation is 2. The first kappa shape index (κ1) is 14.7. The first-order chi connectivity index (χ1) is 10.3. The quantitative estimate of drug-likeness (QED) is 0.872. The predicted molar refractivity (Wildman–Crippen MR) is 90.0 cm³/mol. The number of hydrogen-bond acceptors (Lipinski definition) is 3. The van der Waals surface area contributed by atoms with Crippen molar-refractivity contribution in [2.24, 2.45) is 0 Å². The summed E-state index contributed by atoms with van der Waals surface area (Å²) in [4.78, 5) is 6.01. The smallest absolute Gasteiger partial charge is 0.0405 e. The molecule has 0 fully saturated rings. The predicted octanol–water partition coefficient (Wildman–Crippen LogP) is 4.61. The van der Waals surface area contributed by atoms with Crippen LogP contribution in [-0.2, 0) is 6.42 Å². The van der Waals surface area contributed by atoms with Gasteiger partial charge in [0.1, 0.15) is 0 Å². The Balaban J connectivity index is 1.93. The van der Waals surface area contributed by atoms with E-state index in [1.54, 1.807) is 10.4 Å². The second-order valence-corrected chi connectivity index (χ2v) is 7.03. The molecule has 0 saturated heterocycles. The van der Waals surface area contributed by atoms with Crippen molar-refractivity contribution in [2.45, 2.75) is 51.5 Å². The number of fused-ring (bicyclic) bond motifs is 1. The zero-order valence-electron chi connectivity index (χ0n) is 12.9. The maximum atomic E-state index is 4.41. The number of thiophene rings is 1. The summed E-state index contributed by atoms with van der Waals surface area (Å²) in [6.45, 7) is 5.42. The van der Waals surface area contributed by atoms with Crippen molar-refractivity contribution >= 4 is 11.3 Å². The van der Waals surface area contributed by atoms with Gasteiger partial charge in [-0.15, -0.1) is 11.3 Å². The van der Waals surface area contributed by atoms with Crippen LogP contribution in [0.15, 0.2) is 29.9 Å². The van der Waals surface area contributed by atoms with Crippen LogP contribution < -0.4 is 5.32 Å². The lowest BCUT2D eigenvalue weighted by molar-refractivity contribution is 0.403. The Kier molecular flexibility index (Phi) is 4.71. The van der Waals surface area contributed by atoms with Crippen LogP contribution in [0.1, 0.15) is 59.7 Å². The molecule has 2 aromatic rings. The molecule has 112 valence electrons. The molecule has 3 heteroatoms. The molecular formula is C18H24N2S. The minimum atomic E-state index is 0.394. The topological polar surface area (TPSA) is 24.9 Å². The van der Waals surface area contributed by atoms with Gasteiger partial charge in [0.15, 0.2) is 0 Å². The molecule has 0 saturated carbocycles. The number of nitrogens with one attached hydrogen (secondary N) is 1. The molecule has 21 heavy (non-hydrogen) atoms. The van der Waals surface area contributed by atoms with Crippen LogP contribution >= 0.6 is 11.3 Å². The summed E-state index contributed by atoms with van der Waals surface area (Å²) in [6, 6.07) is 5.03. The molecule has 0 aliphatic heterocycles. The maximum absolute atomic E-state index is 4.41. The van der Waals surface area contributed by atoms with Crippen LogP contribution in [0.3, 0.4) is 0 Å². The summed E-state index contributed by atoms with van der Waals surface area (Å²) in [7, 11) is 0. The Hall–Kier alpha value is -1.19. The molecule has 1 N–H and O–H groups in total. The molecule has 0 aromatic carbocycles. The van der Waals surface area contributed by atoms with Crippen molar-refractivity contribution < 1.29 is 0 Å². The fraction of sp³-hybridized carbons (Fsp3) is 0.500. The van der Waals surface area contributed by atoms with Crippen molar-refractivity contribution in [1.29, 1.82) is 0 Å². The highest BCUT2D eigenvalue weighted by Gasteiger charge is 2.29. The minimum absolute atomic E-state index is 0.394. The average molecular weight is 300 g/mol. The van der Waals surface area contributed by atoms with E-state index in [9.17, 15) is 0 Å². The number of hydrogen-bond donors (Lipinski definition) is 1. The van der Waals surface area contributed by atoms with Crippen molar-refractivity contribution in [3.05, 3.63) is 51.5 Å². The lowest BCUT2D eigenvalue weighted by atomic mass is 9.80. The van der Waals surface area contributed by atoms with E-state index in [1.807, 2.05) is 23.7 Å². The average Bonchev–Trinajstić information content (AvgIpc) is 2.97. The molecule has 0 spiro atoms. The zero-order valence-corrected chi connectivity index (χ0v) is 13.7. The van der Waals surface area contributed by atoms with E-state index >= 15 is 0 Å². The van der Waals surface area contributed by atoms with Gasteiger partial charge < -0.3 is 5.32 Å². The zero-order chi connectivity index (χ0) is 14.7. The van der Waals surface area contributed by atoms with Crippen molar-refractivity contribution in [1.82, 2.24) is 10.3 Å². The molecule has 2 heterocycles. The van der Waals surface area contributed by atoms with Crippen LogP contribution in [0.5, 0.6) is 0 Å². The number of rotatable bonds is 5. The Labute approximate surface area is 131 Å². The summed E-state index contributed by atoms with van der Waals surface area (Å²) in [5, 5.41) is 6.04. The summed E-state index contributed by atoms with van der Waals surface area (Å²) in [5.74, 6) is 0.593. The SMILES string of the molecule is CCCNC(c1cncc(C)c1)C1CCCc2sccc21. The number of nitrogens with zero attached hydrogens (tertiary/aromatic N) is 1. The Morgan fingerprint density at radius 2 is 2.33 bits per heavy atom. The Morgan fingerprint density at radius 3 is 3.14 bits per heavy atom. The maximum Gasteiger partial charge on any atom is 0.0405 e. The summed E-state index contributed by atoms with van der Waals surface area (Å²) in [5.41, 5.74) is 4.16. The van der Waals surface area contributed by atoms with Gasteiger partial charge in [-0.25, -0.2) is 0 Å². The standard InChI is InChI=1S/C18H24N2S/c1-3-8-20-18(14-10-13(2)11-19-12-14)16-5-4-6-17-15(16)7-9-21-17/h7,9-12,16,18,20H,3-6,8H2,1-2H3. The third-order valence-electron chi connectivity index (χ3n) is 4.37. The van der Waals surface area contributed by atoms with Crippen molar-refractivity contribution in [3.63, 3.8) is 0 Å². The second-order valence-electron chi connectivity index (χ2n) is 6.03. The summed E-state index contributed by atoms with van der Waals surface area (Å²) < 4.78 is 0. The van der Waals surface area contributed by atoms with E-state index in [4.69, 9.17) is 0 Å². The minimum Gasteiger partial charge on any atom is -0.309 e. The molecule has 2 aromatic heterocycles. The number of aromatic nitrogens is 1. The van der Waals surface area contributed by atoms with E-state index in [0.717, 1.165) is 6.54 Å². The van der Waals surface area contributed by atoms with Gasteiger partial charge in [-0.1, -0.05) is 13.0 Å². The van der Waals surface area contributed by atoms with Gasteiger partial charge >= 0.3 is 0 Å². The highest BCUT2D eigenvalue weighted by atomic mass is 32.1. The molecular weight excluding hydrogens is 276 g/mol. The van der Waals surface area contributed by atoms with E-state index in [-0.39, 0.29) is 0 Å². The van der Waals surface area contributed by atoms with Gasteiger partial charge in [0.2, 0.25) is 0 Å². The first-order valence-electron chi connectivity index (χ1n) is 8.00. The van der Waals surface area contributed by atoms with Crippen LogP contribution in [0.25, 0.3) is 0 Å². The highest BCUT2D eigenvalue weighted by Crippen LogP contribution is 2.42. The first-order valence-corrected chi connectivity index (χ1v) is 8.88. The van der Waals surface area contributed by atoms with E-state index in [2.05, 4.69) is 41.7 Å². The Bertz CT molecular complexity index is 590. The van der Waals surface area contributed by atoms with Gasteiger partial charge in [0, 0.05) is 29.2 Å². The van der Waals surface area contributed by atoms with E-state index < -0.39 is 0 Å². The second kappa shape index (κ2) is 6.71. The molecule has 2 atom stereocenters. The molecule has 0 bridgehead atoms. The summed E-state index contributed by atoms with van der Waals surface area (Å²) >= 11 is 1.93.